The highest BCUT2D eigenvalue weighted by atomic mass is 16.2. The van der Waals surface area contributed by atoms with Crippen LogP contribution in [0, 0.1) is 6.92 Å². The quantitative estimate of drug-likeness (QED) is 0.457. The number of nitrogens with zero attached hydrogens (tertiary/aromatic N) is 1. The standard InChI is InChI=1S/C14H20N2O/c1-3-4-5-10-14(17)16-15-11-13-9-7-6-8-12(13)2/h6-9,11H,3-5,10H2,1-2H3,(H,16,17). The third-order valence-corrected chi connectivity index (χ3v) is 2.59. The molecule has 0 saturated carbocycles. The van der Waals surface area contributed by atoms with Crippen LogP contribution in [0.5, 0.6) is 0 Å². The van der Waals surface area contributed by atoms with Crippen molar-refractivity contribution in [3.8, 4) is 0 Å². The van der Waals surface area contributed by atoms with Crippen molar-refractivity contribution >= 4 is 12.1 Å². The lowest BCUT2D eigenvalue weighted by Crippen LogP contribution is -2.16. The minimum Gasteiger partial charge on any atom is -0.273 e. The molecule has 1 amide bonds. The van der Waals surface area contributed by atoms with Gasteiger partial charge < -0.3 is 0 Å². The summed E-state index contributed by atoms with van der Waals surface area (Å²) in [5.74, 6) is -0.0108. The van der Waals surface area contributed by atoms with Gasteiger partial charge in [0.05, 0.1) is 6.21 Å². The first kappa shape index (κ1) is 13.4. The Morgan fingerprint density at radius 3 is 2.82 bits per heavy atom. The highest BCUT2D eigenvalue weighted by molar-refractivity contribution is 5.83. The first-order chi connectivity index (χ1) is 8.24. The summed E-state index contributed by atoms with van der Waals surface area (Å²) in [6.45, 7) is 4.14. The summed E-state index contributed by atoms with van der Waals surface area (Å²) >= 11 is 0. The minimum absolute atomic E-state index is 0.0108. The van der Waals surface area contributed by atoms with Gasteiger partial charge >= 0.3 is 0 Å². The second-order valence-electron chi connectivity index (χ2n) is 4.11. The molecule has 3 heteroatoms. The van der Waals surface area contributed by atoms with E-state index in [0.29, 0.717) is 6.42 Å². The highest BCUT2D eigenvalue weighted by Gasteiger charge is 1.98. The van der Waals surface area contributed by atoms with Gasteiger partial charge in [-0.1, -0.05) is 44.0 Å². The molecule has 0 saturated heterocycles. The maximum Gasteiger partial charge on any atom is 0.240 e. The second-order valence-corrected chi connectivity index (χ2v) is 4.11. The Morgan fingerprint density at radius 1 is 1.35 bits per heavy atom. The topological polar surface area (TPSA) is 41.5 Å². The zero-order chi connectivity index (χ0) is 12.5. The molecule has 1 N–H and O–H groups in total. The van der Waals surface area contributed by atoms with Gasteiger partial charge in [-0.15, -0.1) is 0 Å². The molecule has 0 unspecified atom stereocenters. The molecule has 0 heterocycles. The van der Waals surface area contributed by atoms with Crippen molar-refractivity contribution in [2.24, 2.45) is 5.10 Å². The monoisotopic (exact) mass is 232 g/mol. The normalized spacial score (nSPS) is 10.7. The number of benzene rings is 1. The average molecular weight is 232 g/mol. The van der Waals surface area contributed by atoms with Crippen molar-refractivity contribution in [1.82, 2.24) is 5.43 Å². The fraction of sp³-hybridized carbons (Fsp3) is 0.429. The van der Waals surface area contributed by atoms with E-state index in [9.17, 15) is 4.79 Å². The smallest absolute Gasteiger partial charge is 0.240 e. The van der Waals surface area contributed by atoms with Gasteiger partial charge in [-0.25, -0.2) is 5.43 Å². The molecule has 1 aromatic carbocycles. The Labute approximate surface area is 103 Å². The zero-order valence-electron chi connectivity index (χ0n) is 10.6. The minimum atomic E-state index is -0.0108. The maximum absolute atomic E-state index is 11.4. The molecule has 3 nitrogen and oxygen atoms in total. The summed E-state index contributed by atoms with van der Waals surface area (Å²) in [5.41, 5.74) is 4.73. The van der Waals surface area contributed by atoms with E-state index < -0.39 is 0 Å². The fourth-order valence-corrected chi connectivity index (χ4v) is 1.50. The predicted octanol–water partition coefficient (Wildman–Crippen LogP) is 3.03. The summed E-state index contributed by atoms with van der Waals surface area (Å²) in [5, 5.41) is 3.96. The van der Waals surface area contributed by atoms with Crippen molar-refractivity contribution in [2.45, 2.75) is 39.5 Å². The number of nitrogens with one attached hydrogen (secondary N) is 1. The molecule has 0 aliphatic rings. The molecule has 0 fully saturated rings. The summed E-state index contributed by atoms with van der Waals surface area (Å²) in [6.07, 6.45) is 5.39. The van der Waals surface area contributed by atoms with Crippen LogP contribution in [0.4, 0.5) is 0 Å². The maximum atomic E-state index is 11.4. The predicted molar refractivity (Wildman–Crippen MR) is 71.1 cm³/mol. The number of hydrazone groups is 1. The van der Waals surface area contributed by atoms with Crippen LogP contribution < -0.4 is 5.43 Å². The van der Waals surface area contributed by atoms with Gasteiger partial charge in [-0.05, 0) is 24.5 Å². The Kier molecular flexibility index (Phi) is 6.00. The van der Waals surface area contributed by atoms with Crippen LogP contribution in [-0.4, -0.2) is 12.1 Å². The molecule has 1 aromatic rings. The summed E-state index contributed by atoms with van der Waals surface area (Å²) in [4.78, 5) is 11.4. The first-order valence-electron chi connectivity index (χ1n) is 6.11. The van der Waals surface area contributed by atoms with Gasteiger partial charge in [0.1, 0.15) is 0 Å². The van der Waals surface area contributed by atoms with Crippen molar-refractivity contribution < 1.29 is 4.79 Å². The number of rotatable bonds is 6. The summed E-state index contributed by atoms with van der Waals surface area (Å²) < 4.78 is 0. The Morgan fingerprint density at radius 2 is 2.12 bits per heavy atom. The molecule has 17 heavy (non-hydrogen) atoms. The molecular formula is C14H20N2O. The van der Waals surface area contributed by atoms with Gasteiger partial charge in [-0.2, -0.15) is 5.10 Å². The average Bonchev–Trinajstić information content (AvgIpc) is 2.32. The molecule has 0 bridgehead atoms. The molecule has 0 spiro atoms. The van der Waals surface area contributed by atoms with Crippen molar-refractivity contribution in [3.63, 3.8) is 0 Å². The van der Waals surface area contributed by atoms with E-state index in [1.54, 1.807) is 6.21 Å². The van der Waals surface area contributed by atoms with Gasteiger partial charge in [0, 0.05) is 6.42 Å². The van der Waals surface area contributed by atoms with Crippen molar-refractivity contribution in [2.75, 3.05) is 0 Å². The van der Waals surface area contributed by atoms with E-state index >= 15 is 0 Å². The fourth-order valence-electron chi connectivity index (χ4n) is 1.50. The van der Waals surface area contributed by atoms with Crippen LogP contribution in [0.3, 0.4) is 0 Å². The lowest BCUT2D eigenvalue weighted by Gasteiger charge is -2.00. The van der Waals surface area contributed by atoms with Crippen LogP contribution in [0.15, 0.2) is 29.4 Å². The molecular weight excluding hydrogens is 212 g/mol. The molecule has 0 aliphatic heterocycles. The third kappa shape index (κ3) is 5.29. The lowest BCUT2D eigenvalue weighted by atomic mass is 10.1. The largest absolute Gasteiger partial charge is 0.273 e. The third-order valence-electron chi connectivity index (χ3n) is 2.59. The lowest BCUT2D eigenvalue weighted by molar-refractivity contribution is -0.121. The van der Waals surface area contributed by atoms with E-state index in [-0.39, 0.29) is 5.91 Å². The molecule has 92 valence electrons. The van der Waals surface area contributed by atoms with Crippen molar-refractivity contribution in [3.05, 3.63) is 35.4 Å². The van der Waals surface area contributed by atoms with Gasteiger partial charge in [-0.3, -0.25) is 4.79 Å². The second kappa shape index (κ2) is 7.60. The Hall–Kier alpha value is -1.64. The molecule has 0 atom stereocenters. The van der Waals surface area contributed by atoms with Crippen LogP contribution in [0.25, 0.3) is 0 Å². The number of hydrogen-bond acceptors (Lipinski definition) is 2. The zero-order valence-corrected chi connectivity index (χ0v) is 10.6. The number of amides is 1. The summed E-state index contributed by atoms with van der Waals surface area (Å²) in [7, 11) is 0. The van der Waals surface area contributed by atoms with E-state index in [4.69, 9.17) is 0 Å². The van der Waals surface area contributed by atoms with E-state index in [2.05, 4.69) is 17.5 Å². The van der Waals surface area contributed by atoms with E-state index in [1.165, 1.54) is 0 Å². The molecule has 1 rings (SSSR count). The number of carbonyl (C=O) groups is 1. The summed E-state index contributed by atoms with van der Waals surface area (Å²) in [6, 6.07) is 7.93. The van der Waals surface area contributed by atoms with Gasteiger partial charge in [0.2, 0.25) is 5.91 Å². The molecule has 0 aliphatic carbocycles. The van der Waals surface area contributed by atoms with Crippen LogP contribution >= 0.6 is 0 Å². The number of carbonyl (C=O) groups excluding carboxylic acids is 1. The van der Waals surface area contributed by atoms with Crippen LogP contribution in [0.1, 0.15) is 43.7 Å². The van der Waals surface area contributed by atoms with Crippen molar-refractivity contribution in [1.29, 1.82) is 0 Å². The van der Waals surface area contributed by atoms with Crippen LogP contribution in [-0.2, 0) is 4.79 Å². The van der Waals surface area contributed by atoms with Gasteiger partial charge in [0.15, 0.2) is 0 Å². The number of aryl methyl sites for hydroxylation is 1. The van der Waals surface area contributed by atoms with E-state index in [1.807, 2.05) is 31.2 Å². The highest BCUT2D eigenvalue weighted by Crippen LogP contribution is 2.03. The van der Waals surface area contributed by atoms with E-state index in [0.717, 1.165) is 30.4 Å². The SMILES string of the molecule is CCCCCC(=O)NN=Cc1ccccc1C. The molecule has 0 radical (unpaired) electrons. The molecule has 0 aromatic heterocycles. The number of hydrogen-bond donors (Lipinski definition) is 1. The Bertz CT molecular complexity index is 386. The Balaban J connectivity index is 2.35. The number of unbranched alkanes of at least 4 members (excludes halogenated alkanes) is 2. The van der Waals surface area contributed by atoms with Crippen LogP contribution in [0.2, 0.25) is 0 Å². The first-order valence-corrected chi connectivity index (χ1v) is 6.11. The van der Waals surface area contributed by atoms with Gasteiger partial charge in [0.25, 0.3) is 0 Å².